The minimum absolute atomic E-state index is 0.00905. The molecule has 18 heavy (non-hydrogen) atoms. The first-order valence-corrected chi connectivity index (χ1v) is 7.61. The maximum atomic E-state index is 6.37. The molecule has 0 saturated heterocycles. The second-order valence-corrected chi connectivity index (χ2v) is 6.90. The van der Waals surface area contributed by atoms with Gasteiger partial charge in [-0.25, -0.2) is 0 Å². The van der Waals surface area contributed by atoms with Crippen LogP contribution in [-0.2, 0) is 0 Å². The second-order valence-electron chi connectivity index (χ2n) is 5.98. The quantitative estimate of drug-likeness (QED) is 0.780. The third kappa shape index (κ3) is 2.19. The molecule has 3 atom stereocenters. The van der Waals surface area contributed by atoms with Gasteiger partial charge in [0.2, 0.25) is 0 Å². The molecule has 1 aliphatic heterocycles. The molecule has 2 aliphatic rings. The van der Waals surface area contributed by atoms with Gasteiger partial charge < -0.3 is 10.5 Å². The zero-order valence-corrected chi connectivity index (χ0v) is 12.4. The van der Waals surface area contributed by atoms with Crippen LogP contribution in [0.1, 0.15) is 50.6 Å². The van der Waals surface area contributed by atoms with Crippen LogP contribution in [0.15, 0.2) is 22.7 Å². The number of benzene rings is 1. The van der Waals surface area contributed by atoms with E-state index < -0.39 is 0 Å². The predicted molar refractivity (Wildman–Crippen MR) is 76.7 cm³/mol. The van der Waals surface area contributed by atoms with Crippen LogP contribution in [0.3, 0.4) is 0 Å². The fourth-order valence-electron chi connectivity index (χ4n) is 3.58. The molecule has 1 aliphatic carbocycles. The number of hydrogen-bond donors (Lipinski definition) is 1. The summed E-state index contributed by atoms with van der Waals surface area (Å²) in [7, 11) is 0. The van der Waals surface area contributed by atoms with Crippen molar-refractivity contribution in [1.82, 2.24) is 0 Å². The van der Waals surface area contributed by atoms with E-state index in [1.807, 2.05) is 6.07 Å². The highest BCUT2D eigenvalue weighted by Gasteiger charge is 2.42. The molecular formula is C15H20BrNO. The summed E-state index contributed by atoms with van der Waals surface area (Å²) < 4.78 is 7.44. The predicted octanol–water partition coefficient (Wildman–Crippen LogP) is 4.18. The van der Waals surface area contributed by atoms with Crippen molar-refractivity contribution >= 4 is 15.9 Å². The molecule has 3 heteroatoms. The number of halogens is 1. The van der Waals surface area contributed by atoms with E-state index in [1.165, 1.54) is 12.8 Å². The average Bonchev–Trinajstić information content (AvgIpc) is 2.27. The highest BCUT2D eigenvalue weighted by Crippen LogP contribution is 2.47. The van der Waals surface area contributed by atoms with Gasteiger partial charge in [-0.1, -0.05) is 35.3 Å². The first kappa shape index (κ1) is 12.5. The highest BCUT2D eigenvalue weighted by atomic mass is 79.9. The number of ether oxygens (including phenoxy) is 1. The molecule has 0 amide bonds. The van der Waals surface area contributed by atoms with Crippen LogP contribution in [0.5, 0.6) is 5.75 Å². The van der Waals surface area contributed by atoms with Crippen LogP contribution in [0, 0.1) is 5.92 Å². The van der Waals surface area contributed by atoms with E-state index in [4.69, 9.17) is 10.5 Å². The van der Waals surface area contributed by atoms with Crippen LogP contribution in [0.25, 0.3) is 0 Å². The molecule has 2 N–H and O–H groups in total. The van der Waals surface area contributed by atoms with Gasteiger partial charge in [0.1, 0.15) is 11.4 Å². The van der Waals surface area contributed by atoms with Gasteiger partial charge >= 0.3 is 0 Å². The minimum atomic E-state index is -0.00905. The Morgan fingerprint density at radius 2 is 2.22 bits per heavy atom. The van der Waals surface area contributed by atoms with Gasteiger partial charge in [-0.05, 0) is 37.3 Å². The summed E-state index contributed by atoms with van der Waals surface area (Å²) in [4.78, 5) is 0. The molecule has 1 fully saturated rings. The van der Waals surface area contributed by atoms with Crippen LogP contribution < -0.4 is 10.5 Å². The molecule has 98 valence electrons. The van der Waals surface area contributed by atoms with E-state index in [2.05, 4.69) is 35.0 Å². The Morgan fingerprint density at radius 3 is 3.00 bits per heavy atom. The van der Waals surface area contributed by atoms with Gasteiger partial charge in [0.05, 0.1) is 0 Å². The average molecular weight is 310 g/mol. The van der Waals surface area contributed by atoms with E-state index in [0.29, 0.717) is 0 Å². The number of nitrogens with two attached hydrogens (primary N) is 1. The van der Waals surface area contributed by atoms with Gasteiger partial charge in [0.15, 0.2) is 0 Å². The normalized spacial score (nSPS) is 35.1. The fourth-order valence-corrected chi connectivity index (χ4v) is 3.92. The van der Waals surface area contributed by atoms with Crippen molar-refractivity contribution in [3.63, 3.8) is 0 Å². The Bertz CT molecular complexity index is 462. The van der Waals surface area contributed by atoms with Gasteiger partial charge in [-0.3, -0.25) is 0 Å². The smallest absolute Gasteiger partial charge is 0.126 e. The van der Waals surface area contributed by atoms with Gasteiger partial charge in [-0.15, -0.1) is 0 Å². The van der Waals surface area contributed by atoms with Crippen molar-refractivity contribution in [2.45, 2.75) is 50.7 Å². The standard InChI is InChI=1S/C15H20BrNO/c1-10-3-2-6-15(8-10)9-13(17)12-5-4-11(16)7-14(12)18-15/h4-5,7,10,13H,2-3,6,8-9,17H2,1H3/t10?,13-,15?/m0/s1. The van der Waals surface area contributed by atoms with Crippen molar-refractivity contribution in [1.29, 1.82) is 0 Å². The van der Waals surface area contributed by atoms with E-state index in [-0.39, 0.29) is 11.6 Å². The molecule has 1 saturated carbocycles. The maximum absolute atomic E-state index is 6.37. The summed E-state index contributed by atoms with van der Waals surface area (Å²) in [5.74, 6) is 1.73. The summed E-state index contributed by atoms with van der Waals surface area (Å²) in [6.45, 7) is 2.33. The van der Waals surface area contributed by atoms with E-state index in [0.717, 1.165) is 41.0 Å². The first-order chi connectivity index (χ1) is 8.58. The summed E-state index contributed by atoms with van der Waals surface area (Å²) in [6.07, 6.45) is 5.85. The van der Waals surface area contributed by atoms with Gasteiger partial charge in [0.25, 0.3) is 0 Å². The summed E-state index contributed by atoms with van der Waals surface area (Å²) in [5, 5.41) is 0. The molecule has 3 rings (SSSR count). The lowest BCUT2D eigenvalue weighted by atomic mass is 9.73. The summed E-state index contributed by atoms with van der Waals surface area (Å²) >= 11 is 3.51. The van der Waals surface area contributed by atoms with Gasteiger partial charge in [-0.2, -0.15) is 0 Å². The molecule has 2 nitrogen and oxygen atoms in total. The van der Waals surface area contributed by atoms with Crippen molar-refractivity contribution in [3.05, 3.63) is 28.2 Å². The molecule has 0 bridgehead atoms. The zero-order valence-electron chi connectivity index (χ0n) is 10.8. The van der Waals surface area contributed by atoms with E-state index in [1.54, 1.807) is 0 Å². The molecule has 1 aromatic rings. The van der Waals surface area contributed by atoms with Crippen LogP contribution in [-0.4, -0.2) is 5.60 Å². The topological polar surface area (TPSA) is 35.2 Å². The number of hydrogen-bond acceptors (Lipinski definition) is 2. The van der Waals surface area contributed by atoms with Crippen LogP contribution >= 0.6 is 15.9 Å². The molecule has 0 radical (unpaired) electrons. The Morgan fingerprint density at radius 1 is 1.39 bits per heavy atom. The Hall–Kier alpha value is -0.540. The third-order valence-electron chi connectivity index (χ3n) is 4.34. The molecule has 0 aromatic heterocycles. The minimum Gasteiger partial charge on any atom is -0.487 e. The Labute approximate surface area is 117 Å². The molecule has 1 spiro atoms. The number of fused-ring (bicyclic) bond motifs is 1. The molecule has 2 unspecified atom stereocenters. The fraction of sp³-hybridized carbons (Fsp3) is 0.600. The van der Waals surface area contributed by atoms with Gasteiger partial charge in [0, 0.05) is 22.5 Å². The zero-order chi connectivity index (χ0) is 12.8. The van der Waals surface area contributed by atoms with E-state index >= 15 is 0 Å². The SMILES string of the molecule is CC1CCCC2(C1)C[C@H](N)c1ccc(Br)cc1O2. The van der Waals surface area contributed by atoms with E-state index in [9.17, 15) is 0 Å². The lowest BCUT2D eigenvalue weighted by molar-refractivity contribution is -0.0140. The lowest BCUT2D eigenvalue weighted by Gasteiger charge is -2.45. The number of rotatable bonds is 0. The summed E-state index contributed by atoms with van der Waals surface area (Å²) in [6, 6.07) is 6.31. The highest BCUT2D eigenvalue weighted by molar-refractivity contribution is 9.10. The van der Waals surface area contributed by atoms with Crippen molar-refractivity contribution in [3.8, 4) is 5.75 Å². The largest absolute Gasteiger partial charge is 0.487 e. The maximum Gasteiger partial charge on any atom is 0.126 e. The Kier molecular flexibility index (Phi) is 3.15. The third-order valence-corrected chi connectivity index (χ3v) is 4.84. The van der Waals surface area contributed by atoms with Crippen molar-refractivity contribution < 1.29 is 4.74 Å². The monoisotopic (exact) mass is 309 g/mol. The van der Waals surface area contributed by atoms with Crippen molar-refractivity contribution in [2.75, 3.05) is 0 Å². The van der Waals surface area contributed by atoms with Crippen molar-refractivity contribution in [2.24, 2.45) is 11.7 Å². The van der Waals surface area contributed by atoms with Crippen LogP contribution in [0.2, 0.25) is 0 Å². The summed E-state index contributed by atoms with van der Waals surface area (Å²) in [5.41, 5.74) is 7.50. The first-order valence-electron chi connectivity index (χ1n) is 6.82. The second kappa shape index (κ2) is 4.53. The molecular weight excluding hydrogens is 290 g/mol. The Balaban J connectivity index is 1.94. The van der Waals surface area contributed by atoms with Crippen LogP contribution in [0.4, 0.5) is 0 Å². The lowest BCUT2D eigenvalue weighted by Crippen LogP contribution is -2.46. The molecule has 1 heterocycles. The molecule has 1 aromatic carbocycles.